The summed E-state index contributed by atoms with van der Waals surface area (Å²) in [5, 5.41) is 11.5. The molecule has 5 rings (SSSR count). The van der Waals surface area contributed by atoms with E-state index in [9.17, 15) is 4.79 Å². The number of nitrogens with zero attached hydrogens (tertiary/aromatic N) is 2. The molecular weight excluding hydrogens is 374 g/mol. The summed E-state index contributed by atoms with van der Waals surface area (Å²) in [4.78, 5) is 20.6. The Kier molecular flexibility index (Phi) is 4.22. The fourth-order valence-corrected chi connectivity index (χ4v) is 4.07. The molecule has 4 aromatic rings. The lowest BCUT2D eigenvalue weighted by molar-refractivity contribution is 0.627. The van der Waals surface area contributed by atoms with Crippen molar-refractivity contribution in [3.05, 3.63) is 81.6 Å². The van der Waals surface area contributed by atoms with Crippen molar-refractivity contribution >= 4 is 22.5 Å². The number of aromatic nitrogens is 4. The van der Waals surface area contributed by atoms with E-state index in [-0.39, 0.29) is 17.4 Å². The van der Waals surface area contributed by atoms with Crippen LogP contribution in [-0.2, 0) is 0 Å². The number of halogens is 1. The standard InChI is InChI=1S/C21H18ClN5O/c22-15-4-1-12(2-5-15)17-10-23-11-18(17)20-26-19-6-3-13(14-8-24-25-9-14)7-16(19)21(28)27-20/h1-9,17-18,23H,10-11H2,(H,24,25)(H,26,27,28)/t17-,18?/m0/s1. The normalized spacial score (nSPS) is 19.3. The maximum atomic E-state index is 12.8. The van der Waals surface area contributed by atoms with Gasteiger partial charge in [0.2, 0.25) is 0 Å². The van der Waals surface area contributed by atoms with Crippen molar-refractivity contribution in [3.8, 4) is 11.1 Å². The Balaban J connectivity index is 1.54. The van der Waals surface area contributed by atoms with Crippen LogP contribution in [0.15, 0.2) is 59.7 Å². The fourth-order valence-electron chi connectivity index (χ4n) is 3.95. The average molecular weight is 392 g/mol. The lowest BCUT2D eigenvalue weighted by atomic mass is 9.88. The molecule has 0 spiro atoms. The van der Waals surface area contributed by atoms with Crippen LogP contribution < -0.4 is 10.9 Å². The molecule has 0 bridgehead atoms. The van der Waals surface area contributed by atoms with Crippen LogP contribution in [0.4, 0.5) is 0 Å². The van der Waals surface area contributed by atoms with Crippen LogP contribution >= 0.6 is 11.6 Å². The zero-order valence-corrected chi connectivity index (χ0v) is 15.7. The molecule has 1 fully saturated rings. The molecule has 0 amide bonds. The van der Waals surface area contributed by atoms with E-state index in [0.717, 1.165) is 35.1 Å². The van der Waals surface area contributed by atoms with Gasteiger partial charge in [-0.15, -0.1) is 0 Å². The third-order valence-corrected chi connectivity index (χ3v) is 5.67. The highest BCUT2D eigenvalue weighted by molar-refractivity contribution is 6.30. The molecule has 1 aliphatic heterocycles. The van der Waals surface area contributed by atoms with Crippen molar-refractivity contribution in [2.45, 2.75) is 11.8 Å². The summed E-state index contributed by atoms with van der Waals surface area (Å²) >= 11 is 6.03. The molecule has 1 unspecified atom stereocenters. The van der Waals surface area contributed by atoms with Crippen molar-refractivity contribution in [1.29, 1.82) is 0 Å². The zero-order chi connectivity index (χ0) is 19.1. The average Bonchev–Trinajstić information content (AvgIpc) is 3.40. The Morgan fingerprint density at radius 1 is 1.00 bits per heavy atom. The van der Waals surface area contributed by atoms with E-state index in [1.807, 2.05) is 42.5 Å². The van der Waals surface area contributed by atoms with E-state index in [2.05, 4.69) is 20.5 Å². The first-order valence-electron chi connectivity index (χ1n) is 9.18. The van der Waals surface area contributed by atoms with Crippen molar-refractivity contribution in [2.75, 3.05) is 13.1 Å². The van der Waals surface area contributed by atoms with Crippen molar-refractivity contribution in [2.24, 2.45) is 0 Å². The van der Waals surface area contributed by atoms with Gasteiger partial charge < -0.3 is 10.3 Å². The van der Waals surface area contributed by atoms with Gasteiger partial charge in [-0.05, 0) is 35.4 Å². The molecule has 2 aromatic carbocycles. The van der Waals surface area contributed by atoms with Crippen molar-refractivity contribution < 1.29 is 0 Å². The van der Waals surface area contributed by atoms with E-state index in [1.165, 1.54) is 5.56 Å². The first kappa shape index (κ1) is 17.2. The van der Waals surface area contributed by atoms with E-state index in [4.69, 9.17) is 16.6 Å². The second kappa shape index (κ2) is 6.89. The number of hydrogen-bond acceptors (Lipinski definition) is 4. The minimum Gasteiger partial charge on any atom is -0.315 e. The van der Waals surface area contributed by atoms with Gasteiger partial charge in [0.1, 0.15) is 5.82 Å². The number of nitrogens with one attached hydrogen (secondary N) is 3. The molecule has 6 nitrogen and oxygen atoms in total. The highest BCUT2D eigenvalue weighted by Gasteiger charge is 2.31. The van der Waals surface area contributed by atoms with Gasteiger partial charge in [0.15, 0.2) is 0 Å². The first-order valence-corrected chi connectivity index (χ1v) is 9.56. The van der Waals surface area contributed by atoms with Crippen LogP contribution in [0.3, 0.4) is 0 Å². The van der Waals surface area contributed by atoms with Crippen LogP contribution in [0.5, 0.6) is 0 Å². The third kappa shape index (κ3) is 3.00. The number of hydrogen-bond donors (Lipinski definition) is 3. The molecular formula is C21H18ClN5O. The summed E-state index contributed by atoms with van der Waals surface area (Å²) < 4.78 is 0. The van der Waals surface area contributed by atoms with Gasteiger partial charge in [-0.3, -0.25) is 9.89 Å². The number of aromatic amines is 2. The minimum atomic E-state index is -0.118. The first-order chi connectivity index (χ1) is 13.7. The van der Waals surface area contributed by atoms with Crippen molar-refractivity contribution in [3.63, 3.8) is 0 Å². The maximum Gasteiger partial charge on any atom is 0.258 e. The summed E-state index contributed by atoms with van der Waals surface area (Å²) in [7, 11) is 0. The zero-order valence-electron chi connectivity index (χ0n) is 14.9. The van der Waals surface area contributed by atoms with E-state index in [1.54, 1.807) is 12.4 Å². The molecule has 0 saturated carbocycles. The Bertz CT molecular complexity index is 1180. The Morgan fingerprint density at radius 2 is 1.82 bits per heavy atom. The number of H-pyrrole nitrogens is 2. The van der Waals surface area contributed by atoms with Crippen LogP contribution in [0.1, 0.15) is 23.2 Å². The topological polar surface area (TPSA) is 86.5 Å². The third-order valence-electron chi connectivity index (χ3n) is 5.42. The molecule has 3 heterocycles. The Labute approximate surface area is 166 Å². The smallest absolute Gasteiger partial charge is 0.258 e. The summed E-state index contributed by atoms with van der Waals surface area (Å²) in [5.41, 5.74) is 3.65. The van der Waals surface area contributed by atoms with Crippen LogP contribution in [-0.4, -0.2) is 33.3 Å². The maximum absolute atomic E-state index is 12.8. The summed E-state index contributed by atoms with van der Waals surface area (Å²) in [6.45, 7) is 1.61. The van der Waals surface area contributed by atoms with Gasteiger partial charge in [-0.25, -0.2) is 4.98 Å². The van der Waals surface area contributed by atoms with Gasteiger partial charge in [0.25, 0.3) is 5.56 Å². The molecule has 0 radical (unpaired) electrons. The van der Waals surface area contributed by atoms with E-state index >= 15 is 0 Å². The van der Waals surface area contributed by atoms with Crippen LogP contribution in [0.25, 0.3) is 22.0 Å². The van der Waals surface area contributed by atoms with Gasteiger partial charge >= 0.3 is 0 Å². The van der Waals surface area contributed by atoms with Crippen LogP contribution in [0.2, 0.25) is 5.02 Å². The molecule has 1 aliphatic rings. The van der Waals surface area contributed by atoms with Gasteiger partial charge in [-0.2, -0.15) is 5.10 Å². The van der Waals surface area contributed by atoms with Gasteiger partial charge in [0, 0.05) is 41.7 Å². The minimum absolute atomic E-state index is 0.104. The van der Waals surface area contributed by atoms with E-state index < -0.39 is 0 Å². The van der Waals surface area contributed by atoms with Crippen molar-refractivity contribution in [1.82, 2.24) is 25.5 Å². The second-order valence-electron chi connectivity index (χ2n) is 7.09. The highest BCUT2D eigenvalue weighted by atomic mass is 35.5. The van der Waals surface area contributed by atoms with Gasteiger partial charge in [0.05, 0.1) is 17.1 Å². The highest BCUT2D eigenvalue weighted by Crippen LogP contribution is 2.35. The predicted octanol–water partition coefficient (Wildman–Crippen LogP) is 3.44. The monoisotopic (exact) mass is 391 g/mol. The van der Waals surface area contributed by atoms with Gasteiger partial charge in [-0.1, -0.05) is 29.8 Å². The number of benzene rings is 2. The summed E-state index contributed by atoms with van der Waals surface area (Å²) in [5.74, 6) is 1.06. The summed E-state index contributed by atoms with van der Waals surface area (Å²) in [6.07, 6.45) is 3.54. The fraction of sp³-hybridized carbons (Fsp3) is 0.190. The lowest BCUT2D eigenvalue weighted by Gasteiger charge is -2.18. The second-order valence-corrected chi connectivity index (χ2v) is 7.53. The number of rotatable bonds is 3. The SMILES string of the molecule is O=c1[nH]c(C2CNC[C@H]2c2ccc(Cl)cc2)nc2ccc(-c3cn[nH]c3)cc12. The molecule has 2 atom stereocenters. The Hall–Kier alpha value is -2.96. The Morgan fingerprint density at radius 3 is 2.61 bits per heavy atom. The molecule has 0 aliphatic carbocycles. The molecule has 28 heavy (non-hydrogen) atoms. The molecule has 7 heteroatoms. The molecule has 2 aromatic heterocycles. The molecule has 140 valence electrons. The quantitative estimate of drug-likeness (QED) is 0.499. The molecule has 1 saturated heterocycles. The predicted molar refractivity (Wildman–Crippen MR) is 110 cm³/mol. The number of fused-ring (bicyclic) bond motifs is 1. The van der Waals surface area contributed by atoms with E-state index in [0.29, 0.717) is 10.9 Å². The lowest BCUT2D eigenvalue weighted by Crippen LogP contribution is -2.19. The molecule has 3 N–H and O–H groups in total. The largest absolute Gasteiger partial charge is 0.315 e. The summed E-state index contributed by atoms with van der Waals surface area (Å²) in [6, 6.07) is 13.6. The van der Waals surface area contributed by atoms with Crippen LogP contribution in [0, 0.1) is 0 Å².